The Bertz CT molecular complexity index is 679. The fraction of sp³-hybridized carbons (Fsp3) is 0.0833. The molecule has 102 valence electrons. The summed E-state index contributed by atoms with van der Waals surface area (Å²) in [7, 11) is 0. The predicted molar refractivity (Wildman–Crippen MR) is 66.5 cm³/mol. The van der Waals surface area contributed by atoms with Crippen molar-refractivity contribution in [2.45, 2.75) is 6.18 Å². The van der Waals surface area contributed by atoms with E-state index in [-0.39, 0.29) is 16.5 Å². The van der Waals surface area contributed by atoms with Gasteiger partial charge in [0.05, 0.1) is 11.6 Å². The molecule has 0 bridgehead atoms. The Morgan fingerprint density at radius 2 is 2.00 bits per heavy atom. The van der Waals surface area contributed by atoms with Gasteiger partial charge in [-0.1, -0.05) is 11.6 Å². The molecule has 1 aromatic carbocycles. The highest BCUT2D eigenvalue weighted by atomic mass is 35.5. The summed E-state index contributed by atoms with van der Waals surface area (Å²) < 4.78 is 37.5. The molecule has 0 aliphatic heterocycles. The molecule has 2 rings (SSSR count). The number of halogens is 4. The third-order valence-electron chi connectivity index (χ3n) is 2.23. The van der Waals surface area contributed by atoms with Gasteiger partial charge in [0.2, 0.25) is 5.95 Å². The fourth-order valence-corrected chi connectivity index (χ4v) is 1.67. The second-order valence-corrected chi connectivity index (χ2v) is 4.17. The van der Waals surface area contributed by atoms with E-state index in [2.05, 4.69) is 15.3 Å². The molecule has 0 fully saturated rings. The summed E-state index contributed by atoms with van der Waals surface area (Å²) in [6.45, 7) is 0. The molecule has 0 atom stereocenters. The van der Waals surface area contributed by atoms with Crippen molar-refractivity contribution in [3.05, 3.63) is 46.7 Å². The minimum absolute atomic E-state index is 0.231. The van der Waals surface area contributed by atoms with Crippen molar-refractivity contribution in [2.24, 2.45) is 0 Å². The maximum absolute atomic E-state index is 12.5. The number of hydrogen-bond donors (Lipinski definition) is 1. The molecule has 20 heavy (non-hydrogen) atoms. The van der Waals surface area contributed by atoms with Crippen LogP contribution in [0.2, 0.25) is 5.02 Å². The minimum Gasteiger partial charge on any atom is -0.324 e. The van der Waals surface area contributed by atoms with Crippen molar-refractivity contribution in [2.75, 3.05) is 5.32 Å². The molecule has 0 unspecified atom stereocenters. The van der Waals surface area contributed by atoms with E-state index >= 15 is 0 Å². The van der Waals surface area contributed by atoms with E-state index in [4.69, 9.17) is 16.9 Å². The highest BCUT2D eigenvalue weighted by Crippen LogP contribution is 2.28. The molecule has 0 spiro atoms. The van der Waals surface area contributed by atoms with E-state index in [0.717, 1.165) is 12.3 Å². The molecular formula is C12H6ClF3N4. The molecule has 1 aromatic heterocycles. The van der Waals surface area contributed by atoms with Gasteiger partial charge in [0.15, 0.2) is 0 Å². The lowest BCUT2D eigenvalue weighted by molar-refractivity contribution is -0.141. The lowest BCUT2D eigenvalue weighted by Gasteiger charge is -2.09. The number of nitriles is 1. The van der Waals surface area contributed by atoms with E-state index in [9.17, 15) is 13.2 Å². The van der Waals surface area contributed by atoms with Crippen molar-refractivity contribution in [1.29, 1.82) is 5.26 Å². The molecule has 1 N–H and O–H groups in total. The Balaban J connectivity index is 2.31. The molecule has 4 nitrogen and oxygen atoms in total. The maximum atomic E-state index is 12.5. The summed E-state index contributed by atoms with van der Waals surface area (Å²) in [4.78, 5) is 7.04. The normalized spacial score (nSPS) is 10.9. The van der Waals surface area contributed by atoms with Crippen LogP contribution in [0.3, 0.4) is 0 Å². The van der Waals surface area contributed by atoms with Crippen LogP contribution in [0.15, 0.2) is 30.5 Å². The summed E-state index contributed by atoms with van der Waals surface area (Å²) in [5.74, 6) is -0.231. The molecule has 8 heteroatoms. The summed E-state index contributed by atoms with van der Waals surface area (Å²) >= 11 is 5.79. The van der Waals surface area contributed by atoms with Crippen LogP contribution >= 0.6 is 11.6 Å². The minimum atomic E-state index is -4.55. The van der Waals surface area contributed by atoms with Gasteiger partial charge >= 0.3 is 6.18 Å². The van der Waals surface area contributed by atoms with Gasteiger partial charge in [-0.25, -0.2) is 9.97 Å². The Morgan fingerprint density at radius 3 is 2.65 bits per heavy atom. The Hall–Kier alpha value is -2.33. The van der Waals surface area contributed by atoms with Gasteiger partial charge < -0.3 is 5.32 Å². The van der Waals surface area contributed by atoms with Crippen LogP contribution in [0, 0.1) is 11.3 Å². The number of rotatable bonds is 2. The van der Waals surface area contributed by atoms with Crippen molar-refractivity contribution in [1.82, 2.24) is 9.97 Å². The molecule has 0 amide bonds. The molecule has 0 saturated heterocycles. The van der Waals surface area contributed by atoms with E-state index in [0.29, 0.717) is 5.69 Å². The van der Waals surface area contributed by atoms with Gasteiger partial charge in [-0.2, -0.15) is 18.4 Å². The fourth-order valence-electron chi connectivity index (χ4n) is 1.43. The Kier molecular flexibility index (Phi) is 3.77. The topological polar surface area (TPSA) is 61.6 Å². The van der Waals surface area contributed by atoms with Crippen LogP contribution in [0.5, 0.6) is 0 Å². The molecule has 0 aliphatic rings. The van der Waals surface area contributed by atoms with Gasteiger partial charge in [0, 0.05) is 16.9 Å². The van der Waals surface area contributed by atoms with Crippen molar-refractivity contribution in [3.8, 4) is 6.07 Å². The Morgan fingerprint density at radius 1 is 1.25 bits per heavy atom. The number of nitrogens with one attached hydrogen (secondary N) is 1. The summed E-state index contributed by atoms with van der Waals surface area (Å²) in [6, 6.07) is 6.96. The van der Waals surface area contributed by atoms with Gasteiger partial charge in [0.1, 0.15) is 5.69 Å². The van der Waals surface area contributed by atoms with E-state index in [1.54, 1.807) is 0 Å². The van der Waals surface area contributed by atoms with E-state index in [1.165, 1.54) is 18.2 Å². The van der Waals surface area contributed by atoms with Crippen LogP contribution in [0.4, 0.5) is 24.8 Å². The molecule has 0 aliphatic carbocycles. The van der Waals surface area contributed by atoms with Crippen LogP contribution in [0.1, 0.15) is 11.3 Å². The number of alkyl halides is 3. The van der Waals surface area contributed by atoms with Crippen LogP contribution in [-0.2, 0) is 6.18 Å². The van der Waals surface area contributed by atoms with E-state index < -0.39 is 11.9 Å². The van der Waals surface area contributed by atoms with Gasteiger partial charge in [-0.05, 0) is 24.3 Å². The maximum Gasteiger partial charge on any atom is 0.433 e. The first-order chi connectivity index (χ1) is 9.38. The first kappa shape index (κ1) is 14.1. The van der Waals surface area contributed by atoms with E-state index in [1.807, 2.05) is 6.07 Å². The number of aromatic nitrogens is 2. The van der Waals surface area contributed by atoms with Gasteiger partial charge in [-0.3, -0.25) is 0 Å². The first-order valence-corrected chi connectivity index (χ1v) is 5.64. The van der Waals surface area contributed by atoms with Crippen molar-refractivity contribution in [3.63, 3.8) is 0 Å². The molecule has 0 radical (unpaired) electrons. The molecule has 1 heterocycles. The number of benzene rings is 1. The lowest BCUT2D eigenvalue weighted by atomic mass is 10.2. The summed E-state index contributed by atoms with van der Waals surface area (Å²) in [5, 5.41) is 11.6. The predicted octanol–water partition coefficient (Wildman–Crippen LogP) is 3.76. The number of anilines is 2. The summed E-state index contributed by atoms with van der Waals surface area (Å²) in [5.41, 5.74) is -0.460. The van der Waals surface area contributed by atoms with Crippen molar-refractivity contribution < 1.29 is 13.2 Å². The summed E-state index contributed by atoms with van der Waals surface area (Å²) in [6.07, 6.45) is -3.56. The Labute approximate surface area is 116 Å². The zero-order chi connectivity index (χ0) is 14.8. The number of nitrogens with zero attached hydrogens (tertiary/aromatic N) is 3. The second kappa shape index (κ2) is 5.35. The smallest absolute Gasteiger partial charge is 0.324 e. The third kappa shape index (κ3) is 3.36. The highest BCUT2D eigenvalue weighted by molar-refractivity contribution is 6.31. The standard InChI is InChI=1S/C12H6ClF3N4/c13-8-3-7(6-17)4-9(5-8)19-11-18-2-1-10(20-11)12(14,15)16/h1-5H,(H,18,19,20). The van der Waals surface area contributed by atoms with Crippen LogP contribution in [0.25, 0.3) is 0 Å². The average Bonchev–Trinajstić information content (AvgIpc) is 2.37. The highest BCUT2D eigenvalue weighted by Gasteiger charge is 2.32. The zero-order valence-electron chi connectivity index (χ0n) is 9.74. The number of hydrogen-bond acceptors (Lipinski definition) is 4. The molecular weight excluding hydrogens is 293 g/mol. The zero-order valence-corrected chi connectivity index (χ0v) is 10.5. The quantitative estimate of drug-likeness (QED) is 0.917. The van der Waals surface area contributed by atoms with Gasteiger partial charge in [0.25, 0.3) is 0 Å². The van der Waals surface area contributed by atoms with Gasteiger partial charge in [-0.15, -0.1) is 0 Å². The second-order valence-electron chi connectivity index (χ2n) is 3.73. The van der Waals surface area contributed by atoms with Crippen molar-refractivity contribution >= 4 is 23.2 Å². The average molecular weight is 299 g/mol. The molecule has 2 aromatic rings. The van der Waals surface area contributed by atoms with Crippen LogP contribution in [-0.4, -0.2) is 9.97 Å². The third-order valence-corrected chi connectivity index (χ3v) is 2.45. The monoisotopic (exact) mass is 298 g/mol. The largest absolute Gasteiger partial charge is 0.433 e. The first-order valence-electron chi connectivity index (χ1n) is 5.26. The molecule has 0 saturated carbocycles. The lowest BCUT2D eigenvalue weighted by Crippen LogP contribution is -2.10. The van der Waals surface area contributed by atoms with Crippen LogP contribution < -0.4 is 5.32 Å². The SMILES string of the molecule is N#Cc1cc(Cl)cc(Nc2nccc(C(F)(F)F)n2)c1.